The minimum Gasteiger partial charge on any atom is -0.398 e. The molecule has 0 aliphatic carbocycles. The van der Waals surface area contributed by atoms with Gasteiger partial charge >= 0.3 is 0 Å². The minimum absolute atomic E-state index is 0.351. The first-order chi connectivity index (χ1) is 6.57. The Morgan fingerprint density at radius 3 is 2.57 bits per heavy atom. The number of nitriles is 1. The second kappa shape index (κ2) is 4.01. The molecule has 1 aromatic carbocycles. The summed E-state index contributed by atoms with van der Waals surface area (Å²) in [7, 11) is 1.96. The Balaban J connectivity index is 3.22. The molecule has 0 unspecified atom stereocenters. The van der Waals surface area contributed by atoms with Crippen LogP contribution in [0.2, 0.25) is 0 Å². The Hall–Kier alpha value is -1.69. The number of rotatable bonds is 2. The molecule has 14 heavy (non-hydrogen) atoms. The lowest BCUT2D eigenvalue weighted by atomic mass is 10.1. The normalized spacial score (nSPS) is 9.93. The Morgan fingerprint density at radius 2 is 2.07 bits per heavy atom. The maximum Gasteiger partial charge on any atom is 0.104 e. The molecule has 0 radical (unpaired) electrons. The lowest BCUT2D eigenvalue weighted by Crippen LogP contribution is -2.26. The van der Waals surface area contributed by atoms with Crippen LogP contribution in [-0.2, 0) is 0 Å². The van der Waals surface area contributed by atoms with Gasteiger partial charge in [-0.1, -0.05) is 6.07 Å². The van der Waals surface area contributed by atoms with Crippen molar-refractivity contribution in [3.8, 4) is 6.07 Å². The van der Waals surface area contributed by atoms with Gasteiger partial charge in [0, 0.05) is 13.1 Å². The van der Waals surface area contributed by atoms with Crippen molar-refractivity contribution >= 4 is 11.4 Å². The maximum atomic E-state index is 8.97. The van der Waals surface area contributed by atoms with Gasteiger partial charge in [0.05, 0.1) is 16.9 Å². The van der Waals surface area contributed by atoms with Crippen LogP contribution >= 0.6 is 0 Å². The highest BCUT2D eigenvalue weighted by Gasteiger charge is 2.11. The summed E-state index contributed by atoms with van der Waals surface area (Å²) in [6.45, 7) is 4.15. The largest absolute Gasteiger partial charge is 0.398 e. The summed E-state index contributed by atoms with van der Waals surface area (Å²) >= 11 is 0. The lowest BCUT2D eigenvalue weighted by Gasteiger charge is -2.25. The molecule has 0 aliphatic heterocycles. The average Bonchev–Trinajstić information content (AvgIpc) is 2.16. The smallest absolute Gasteiger partial charge is 0.104 e. The van der Waals surface area contributed by atoms with Crippen molar-refractivity contribution in [1.82, 2.24) is 0 Å². The van der Waals surface area contributed by atoms with E-state index < -0.39 is 0 Å². The molecule has 0 bridgehead atoms. The third-order valence-electron chi connectivity index (χ3n) is 2.34. The molecule has 0 fully saturated rings. The van der Waals surface area contributed by atoms with E-state index in [9.17, 15) is 0 Å². The topological polar surface area (TPSA) is 53.0 Å². The van der Waals surface area contributed by atoms with E-state index in [0.29, 0.717) is 17.3 Å². The fourth-order valence-corrected chi connectivity index (χ4v) is 1.25. The van der Waals surface area contributed by atoms with Crippen LogP contribution in [0.25, 0.3) is 0 Å². The van der Waals surface area contributed by atoms with Gasteiger partial charge in [-0.2, -0.15) is 5.26 Å². The van der Waals surface area contributed by atoms with Crippen LogP contribution < -0.4 is 10.6 Å². The van der Waals surface area contributed by atoms with Crippen molar-refractivity contribution in [2.24, 2.45) is 0 Å². The Labute approximate surface area is 84.7 Å². The van der Waals surface area contributed by atoms with Crippen molar-refractivity contribution in [2.75, 3.05) is 17.7 Å². The van der Waals surface area contributed by atoms with Gasteiger partial charge < -0.3 is 10.6 Å². The van der Waals surface area contributed by atoms with E-state index in [-0.39, 0.29) is 0 Å². The number of nitrogen functional groups attached to an aromatic ring is 1. The van der Waals surface area contributed by atoms with Gasteiger partial charge in [0.15, 0.2) is 0 Å². The average molecular weight is 189 g/mol. The predicted molar refractivity (Wildman–Crippen MR) is 59.1 cm³/mol. The SMILES string of the molecule is CC(C)N(C)c1cccc(N)c1C#N. The fraction of sp³-hybridized carbons (Fsp3) is 0.364. The highest BCUT2D eigenvalue weighted by atomic mass is 15.1. The Morgan fingerprint density at radius 1 is 1.43 bits per heavy atom. The standard InChI is InChI=1S/C11H15N3/c1-8(2)14(3)11-6-4-5-10(13)9(11)7-12/h4-6,8H,13H2,1-3H3. The van der Waals surface area contributed by atoms with Crippen LogP contribution in [0.4, 0.5) is 11.4 Å². The number of hydrogen-bond acceptors (Lipinski definition) is 3. The molecule has 2 N–H and O–H groups in total. The van der Waals surface area contributed by atoms with Crippen molar-refractivity contribution in [3.05, 3.63) is 23.8 Å². The third kappa shape index (κ3) is 1.80. The van der Waals surface area contributed by atoms with Crippen molar-refractivity contribution < 1.29 is 0 Å². The van der Waals surface area contributed by atoms with Crippen LogP contribution in [0.5, 0.6) is 0 Å². The Bertz CT molecular complexity index is 363. The second-order valence-corrected chi connectivity index (χ2v) is 3.56. The van der Waals surface area contributed by atoms with Gasteiger partial charge in [0.2, 0.25) is 0 Å². The maximum absolute atomic E-state index is 8.97. The van der Waals surface area contributed by atoms with Crippen LogP contribution in [0.3, 0.4) is 0 Å². The van der Waals surface area contributed by atoms with Gasteiger partial charge in [0.1, 0.15) is 6.07 Å². The number of anilines is 2. The van der Waals surface area contributed by atoms with E-state index in [1.54, 1.807) is 6.07 Å². The summed E-state index contributed by atoms with van der Waals surface area (Å²) in [5, 5.41) is 8.97. The van der Waals surface area contributed by atoms with Crippen LogP contribution in [0, 0.1) is 11.3 Å². The zero-order valence-electron chi connectivity index (χ0n) is 8.78. The van der Waals surface area contributed by atoms with Crippen LogP contribution in [-0.4, -0.2) is 13.1 Å². The molecule has 0 aliphatic rings. The molecule has 3 heteroatoms. The van der Waals surface area contributed by atoms with E-state index in [0.717, 1.165) is 5.69 Å². The molecule has 0 spiro atoms. The van der Waals surface area contributed by atoms with Crippen molar-refractivity contribution in [3.63, 3.8) is 0 Å². The summed E-state index contributed by atoms with van der Waals surface area (Å²) in [5.41, 5.74) is 7.71. The number of nitrogens with two attached hydrogens (primary N) is 1. The monoisotopic (exact) mass is 189 g/mol. The summed E-state index contributed by atoms with van der Waals surface area (Å²) < 4.78 is 0. The quantitative estimate of drug-likeness (QED) is 0.724. The van der Waals surface area contributed by atoms with Gasteiger partial charge in [-0.05, 0) is 26.0 Å². The summed E-state index contributed by atoms with van der Waals surface area (Å²) in [5.74, 6) is 0. The highest BCUT2D eigenvalue weighted by Crippen LogP contribution is 2.25. The minimum atomic E-state index is 0.351. The van der Waals surface area contributed by atoms with Gasteiger partial charge in [-0.25, -0.2) is 0 Å². The van der Waals surface area contributed by atoms with E-state index in [2.05, 4.69) is 19.9 Å². The van der Waals surface area contributed by atoms with E-state index >= 15 is 0 Å². The molecule has 3 nitrogen and oxygen atoms in total. The Kier molecular flexibility index (Phi) is 2.98. The first-order valence-corrected chi connectivity index (χ1v) is 4.59. The number of hydrogen-bond donors (Lipinski definition) is 1. The van der Waals surface area contributed by atoms with Gasteiger partial charge in [-0.15, -0.1) is 0 Å². The predicted octanol–water partition coefficient (Wildman–Crippen LogP) is 1.99. The van der Waals surface area contributed by atoms with Crippen LogP contribution in [0.15, 0.2) is 18.2 Å². The zero-order chi connectivity index (χ0) is 10.7. The van der Waals surface area contributed by atoms with E-state index in [1.807, 2.05) is 24.1 Å². The van der Waals surface area contributed by atoms with Gasteiger partial charge in [0.25, 0.3) is 0 Å². The molecule has 0 aromatic heterocycles. The first-order valence-electron chi connectivity index (χ1n) is 4.59. The molecule has 74 valence electrons. The highest BCUT2D eigenvalue weighted by molar-refractivity contribution is 5.70. The molecule has 1 aromatic rings. The van der Waals surface area contributed by atoms with E-state index in [4.69, 9.17) is 11.0 Å². The number of benzene rings is 1. The third-order valence-corrected chi connectivity index (χ3v) is 2.34. The fourth-order valence-electron chi connectivity index (χ4n) is 1.25. The van der Waals surface area contributed by atoms with E-state index in [1.165, 1.54) is 0 Å². The first kappa shape index (κ1) is 10.4. The molecule has 1 rings (SSSR count). The lowest BCUT2D eigenvalue weighted by molar-refractivity contribution is 0.754. The summed E-state index contributed by atoms with van der Waals surface area (Å²) in [4.78, 5) is 2.04. The molecule has 0 amide bonds. The van der Waals surface area contributed by atoms with Crippen molar-refractivity contribution in [2.45, 2.75) is 19.9 Å². The molecular weight excluding hydrogens is 174 g/mol. The van der Waals surface area contributed by atoms with Crippen LogP contribution in [0.1, 0.15) is 19.4 Å². The molecule has 0 atom stereocenters. The van der Waals surface area contributed by atoms with Gasteiger partial charge in [-0.3, -0.25) is 0 Å². The molecule has 0 saturated carbocycles. The zero-order valence-corrected chi connectivity index (χ0v) is 8.78. The molecule has 0 saturated heterocycles. The number of nitrogens with zero attached hydrogens (tertiary/aromatic N) is 2. The molecular formula is C11H15N3. The molecule has 0 heterocycles. The summed E-state index contributed by atoms with van der Waals surface area (Å²) in [6.07, 6.45) is 0. The summed E-state index contributed by atoms with van der Waals surface area (Å²) in [6, 6.07) is 8.01. The second-order valence-electron chi connectivity index (χ2n) is 3.56. The van der Waals surface area contributed by atoms with Crippen molar-refractivity contribution in [1.29, 1.82) is 5.26 Å².